The molecule has 1 fully saturated rings. The molecule has 1 saturated heterocycles. The minimum absolute atomic E-state index is 0.315. The number of nitrogens with zero attached hydrogens (tertiary/aromatic N) is 3. The zero-order chi connectivity index (χ0) is 19.0. The van der Waals surface area contributed by atoms with Crippen molar-refractivity contribution in [3.8, 4) is 22.8 Å². The smallest absolute Gasteiger partial charge is 0.141 e. The van der Waals surface area contributed by atoms with E-state index < -0.39 is 0 Å². The maximum atomic E-state index is 6.31. The lowest BCUT2D eigenvalue weighted by Gasteiger charge is -2.31. The van der Waals surface area contributed by atoms with Crippen LogP contribution in [0.15, 0.2) is 36.7 Å². The minimum atomic E-state index is 0.315. The molecule has 1 aromatic carbocycles. The van der Waals surface area contributed by atoms with E-state index in [0.29, 0.717) is 22.6 Å². The van der Waals surface area contributed by atoms with Crippen LogP contribution in [0.25, 0.3) is 16.9 Å². The largest absolute Gasteiger partial charge is 0.496 e. The number of benzene rings is 1. The first-order valence-corrected chi connectivity index (χ1v) is 9.38. The molecule has 4 rings (SSSR count). The summed E-state index contributed by atoms with van der Waals surface area (Å²) in [6, 6.07) is 8.15. The second kappa shape index (κ2) is 7.29. The molecule has 7 heteroatoms. The first-order valence-electron chi connectivity index (χ1n) is 9.00. The molecule has 0 saturated carbocycles. The second-order valence-corrected chi connectivity index (χ2v) is 7.20. The average Bonchev–Trinajstić information content (AvgIpc) is 3.11. The number of anilines is 1. The molecular weight excluding hydrogens is 364 g/mol. The Hall–Kier alpha value is -2.44. The summed E-state index contributed by atoms with van der Waals surface area (Å²) in [6.45, 7) is 1.96. The van der Waals surface area contributed by atoms with Crippen molar-refractivity contribution in [1.82, 2.24) is 9.38 Å². The number of hydrogen-bond acceptors (Lipinski definition) is 5. The summed E-state index contributed by atoms with van der Waals surface area (Å²) in [5.41, 5.74) is 9.70. The van der Waals surface area contributed by atoms with Crippen LogP contribution >= 0.6 is 11.6 Å². The van der Waals surface area contributed by atoms with Crippen molar-refractivity contribution in [3.05, 3.63) is 41.7 Å². The number of piperidine rings is 1. The highest BCUT2D eigenvalue weighted by molar-refractivity contribution is 6.32. The average molecular weight is 387 g/mol. The molecule has 1 aliphatic heterocycles. The highest BCUT2D eigenvalue weighted by atomic mass is 35.5. The van der Waals surface area contributed by atoms with Gasteiger partial charge in [0, 0.05) is 54.9 Å². The Labute approximate surface area is 163 Å². The first-order chi connectivity index (χ1) is 13.1. The Morgan fingerprint density at radius 2 is 1.85 bits per heavy atom. The monoisotopic (exact) mass is 386 g/mol. The van der Waals surface area contributed by atoms with Crippen LogP contribution in [0, 0.1) is 0 Å². The summed E-state index contributed by atoms with van der Waals surface area (Å²) < 4.78 is 12.8. The van der Waals surface area contributed by atoms with Crippen LogP contribution in [-0.2, 0) is 0 Å². The van der Waals surface area contributed by atoms with Gasteiger partial charge in [-0.05, 0) is 25.0 Å². The van der Waals surface area contributed by atoms with Crippen molar-refractivity contribution >= 4 is 22.9 Å². The van der Waals surface area contributed by atoms with Crippen LogP contribution in [0.3, 0.4) is 0 Å². The Kier molecular flexibility index (Phi) is 4.85. The summed E-state index contributed by atoms with van der Waals surface area (Å²) in [6.07, 6.45) is 6.05. The number of halogens is 1. The van der Waals surface area contributed by atoms with E-state index in [-0.39, 0.29) is 0 Å². The molecular formula is C20H23ClN4O2. The SMILES string of the molecule is COc1cc(OC)c(-c2cn3ccc(N4CCC(N)CC4)cc3n2)cc1Cl. The number of fused-ring (bicyclic) bond motifs is 1. The van der Waals surface area contributed by atoms with Crippen molar-refractivity contribution in [2.75, 3.05) is 32.2 Å². The van der Waals surface area contributed by atoms with Crippen LogP contribution in [0.5, 0.6) is 11.5 Å². The molecule has 0 spiro atoms. The van der Waals surface area contributed by atoms with Crippen molar-refractivity contribution in [2.45, 2.75) is 18.9 Å². The fourth-order valence-electron chi connectivity index (χ4n) is 3.52. The van der Waals surface area contributed by atoms with Gasteiger partial charge in [-0.3, -0.25) is 0 Å². The zero-order valence-electron chi connectivity index (χ0n) is 15.5. The highest BCUT2D eigenvalue weighted by Gasteiger charge is 2.18. The van der Waals surface area contributed by atoms with Crippen molar-refractivity contribution in [1.29, 1.82) is 0 Å². The lowest BCUT2D eigenvalue weighted by Crippen LogP contribution is -2.39. The normalized spacial score (nSPS) is 15.3. The van der Waals surface area contributed by atoms with Gasteiger partial charge in [-0.1, -0.05) is 11.6 Å². The van der Waals surface area contributed by atoms with E-state index in [9.17, 15) is 0 Å². The van der Waals surface area contributed by atoms with Crippen LogP contribution in [0.4, 0.5) is 5.69 Å². The van der Waals surface area contributed by atoms with Crippen LogP contribution in [-0.4, -0.2) is 42.7 Å². The molecule has 3 heterocycles. The van der Waals surface area contributed by atoms with Crippen molar-refractivity contribution < 1.29 is 9.47 Å². The summed E-state index contributed by atoms with van der Waals surface area (Å²) in [7, 11) is 3.21. The fourth-order valence-corrected chi connectivity index (χ4v) is 3.76. The number of aromatic nitrogens is 2. The molecule has 0 amide bonds. The van der Waals surface area contributed by atoms with Gasteiger partial charge in [-0.2, -0.15) is 0 Å². The molecule has 1 aliphatic rings. The van der Waals surface area contributed by atoms with E-state index in [1.807, 2.05) is 22.9 Å². The summed E-state index contributed by atoms with van der Waals surface area (Å²) in [5.74, 6) is 1.25. The number of ether oxygens (including phenoxy) is 2. The number of nitrogens with two attached hydrogens (primary N) is 1. The number of methoxy groups -OCH3 is 2. The lowest BCUT2D eigenvalue weighted by atomic mass is 10.1. The molecule has 6 nitrogen and oxygen atoms in total. The van der Waals surface area contributed by atoms with E-state index in [4.69, 9.17) is 31.8 Å². The highest BCUT2D eigenvalue weighted by Crippen LogP contribution is 2.38. The van der Waals surface area contributed by atoms with Gasteiger partial charge in [0.15, 0.2) is 0 Å². The van der Waals surface area contributed by atoms with Gasteiger partial charge in [0.2, 0.25) is 0 Å². The molecule has 27 heavy (non-hydrogen) atoms. The van der Waals surface area contributed by atoms with E-state index in [2.05, 4.69) is 17.0 Å². The zero-order valence-corrected chi connectivity index (χ0v) is 16.2. The molecule has 0 unspecified atom stereocenters. The van der Waals surface area contributed by atoms with Crippen LogP contribution < -0.4 is 20.1 Å². The minimum Gasteiger partial charge on any atom is -0.496 e. The van der Waals surface area contributed by atoms with E-state index in [1.54, 1.807) is 20.3 Å². The molecule has 0 bridgehead atoms. The van der Waals surface area contributed by atoms with Gasteiger partial charge in [-0.25, -0.2) is 4.98 Å². The third-order valence-electron chi connectivity index (χ3n) is 5.10. The predicted molar refractivity (Wildman–Crippen MR) is 108 cm³/mol. The molecule has 0 radical (unpaired) electrons. The van der Waals surface area contributed by atoms with Crippen LogP contribution in [0.2, 0.25) is 5.02 Å². The quantitative estimate of drug-likeness (QED) is 0.742. The Morgan fingerprint density at radius 3 is 2.56 bits per heavy atom. The number of hydrogen-bond donors (Lipinski definition) is 1. The molecule has 2 aromatic heterocycles. The Morgan fingerprint density at radius 1 is 1.11 bits per heavy atom. The predicted octanol–water partition coefficient (Wildman–Crippen LogP) is 3.60. The van der Waals surface area contributed by atoms with E-state index in [0.717, 1.165) is 42.8 Å². The molecule has 3 aromatic rings. The van der Waals surface area contributed by atoms with Gasteiger partial charge >= 0.3 is 0 Å². The summed E-state index contributed by atoms with van der Waals surface area (Å²) in [5, 5.41) is 0.524. The third-order valence-corrected chi connectivity index (χ3v) is 5.39. The Balaban J connectivity index is 1.71. The maximum absolute atomic E-state index is 6.31. The second-order valence-electron chi connectivity index (χ2n) is 6.79. The van der Waals surface area contributed by atoms with Gasteiger partial charge in [0.05, 0.1) is 24.9 Å². The van der Waals surface area contributed by atoms with Gasteiger partial charge in [0.25, 0.3) is 0 Å². The maximum Gasteiger partial charge on any atom is 0.141 e. The van der Waals surface area contributed by atoms with Gasteiger partial charge < -0.3 is 24.5 Å². The first kappa shape index (κ1) is 17.9. The Bertz CT molecular complexity index is 964. The molecule has 0 atom stereocenters. The molecule has 2 N–H and O–H groups in total. The lowest BCUT2D eigenvalue weighted by molar-refractivity contribution is 0.395. The number of imidazole rings is 1. The summed E-state index contributed by atoms with van der Waals surface area (Å²) >= 11 is 6.31. The molecule has 142 valence electrons. The summed E-state index contributed by atoms with van der Waals surface area (Å²) in [4.78, 5) is 7.15. The van der Waals surface area contributed by atoms with E-state index >= 15 is 0 Å². The standard InChI is InChI=1S/C20H23ClN4O2/c1-26-18-11-19(27-2)16(21)10-15(18)17-12-25-8-5-14(9-20(25)23-17)24-6-3-13(22)4-7-24/h5,8-13H,3-4,6-7,22H2,1-2H3. The van der Waals surface area contributed by atoms with Crippen molar-refractivity contribution in [3.63, 3.8) is 0 Å². The van der Waals surface area contributed by atoms with Crippen molar-refractivity contribution in [2.24, 2.45) is 5.73 Å². The third kappa shape index (κ3) is 3.42. The number of rotatable bonds is 4. The van der Waals surface area contributed by atoms with Crippen LogP contribution in [0.1, 0.15) is 12.8 Å². The van der Waals surface area contributed by atoms with Gasteiger partial charge in [-0.15, -0.1) is 0 Å². The fraction of sp³-hybridized carbons (Fsp3) is 0.350. The van der Waals surface area contributed by atoms with Gasteiger partial charge in [0.1, 0.15) is 17.1 Å². The topological polar surface area (TPSA) is 65.0 Å². The molecule has 0 aliphatic carbocycles. The number of pyridine rings is 1. The van der Waals surface area contributed by atoms with E-state index in [1.165, 1.54) is 5.69 Å².